The van der Waals surface area contributed by atoms with Crippen LogP contribution in [0.4, 0.5) is 5.69 Å². The molecule has 1 unspecified atom stereocenters. The summed E-state index contributed by atoms with van der Waals surface area (Å²) in [5, 5.41) is 3.35. The highest BCUT2D eigenvalue weighted by atomic mass is 16.5. The molecule has 4 rings (SSSR count). The minimum absolute atomic E-state index is 0.189. The van der Waals surface area contributed by atoms with Crippen LogP contribution in [0, 0.1) is 6.92 Å². The maximum absolute atomic E-state index is 12.5. The number of anilines is 1. The number of hydrogen-bond donors (Lipinski definition) is 1. The highest BCUT2D eigenvalue weighted by Crippen LogP contribution is 2.35. The Morgan fingerprint density at radius 3 is 2.79 bits per heavy atom. The first-order valence-corrected chi connectivity index (χ1v) is 8.43. The molecule has 124 valence electrons. The van der Waals surface area contributed by atoms with Gasteiger partial charge in [0.15, 0.2) is 0 Å². The van der Waals surface area contributed by atoms with Crippen molar-refractivity contribution in [3.8, 4) is 5.75 Å². The van der Waals surface area contributed by atoms with Gasteiger partial charge in [0.05, 0.1) is 5.92 Å². The average molecular weight is 323 g/mol. The largest absolute Gasteiger partial charge is 0.426 e. The van der Waals surface area contributed by atoms with E-state index in [-0.39, 0.29) is 11.9 Å². The molecule has 24 heavy (non-hydrogen) atoms. The Balaban J connectivity index is 1.59. The van der Waals surface area contributed by atoms with E-state index >= 15 is 0 Å². The maximum Gasteiger partial charge on any atom is 0.319 e. The number of carbonyl (C=O) groups excluding carboxylic acids is 1. The summed E-state index contributed by atoms with van der Waals surface area (Å²) in [7, 11) is 0. The topological polar surface area (TPSA) is 54.5 Å². The van der Waals surface area contributed by atoms with Gasteiger partial charge in [0.1, 0.15) is 5.75 Å². The molecular weight excluding hydrogens is 302 g/mol. The molecule has 1 N–H and O–H groups in total. The number of ether oxygens (including phenoxy) is 1. The zero-order valence-electron chi connectivity index (χ0n) is 13.8. The average Bonchev–Trinajstić information content (AvgIpc) is 2.62. The van der Waals surface area contributed by atoms with Crippen LogP contribution in [0.1, 0.15) is 22.7 Å². The molecule has 1 fully saturated rings. The number of esters is 1. The highest BCUT2D eigenvalue weighted by molar-refractivity contribution is 5.83. The summed E-state index contributed by atoms with van der Waals surface area (Å²) < 4.78 is 5.65. The molecule has 1 aromatic heterocycles. The third-order valence-electron chi connectivity index (χ3n) is 4.79. The van der Waals surface area contributed by atoms with Gasteiger partial charge in [-0.25, -0.2) is 0 Å². The van der Waals surface area contributed by atoms with E-state index in [0.29, 0.717) is 12.2 Å². The SMILES string of the molecule is Cc1ccc(C2Cc3ccc(N4CCNCC4)cc3OC2=O)cn1. The Morgan fingerprint density at radius 1 is 1.21 bits per heavy atom. The predicted molar refractivity (Wildman–Crippen MR) is 92.6 cm³/mol. The summed E-state index contributed by atoms with van der Waals surface area (Å²) in [6.45, 7) is 5.86. The minimum atomic E-state index is -0.268. The number of hydrogen-bond acceptors (Lipinski definition) is 5. The quantitative estimate of drug-likeness (QED) is 0.677. The van der Waals surface area contributed by atoms with Crippen LogP contribution in [-0.2, 0) is 11.2 Å². The Morgan fingerprint density at radius 2 is 2.04 bits per heavy atom. The zero-order chi connectivity index (χ0) is 16.5. The van der Waals surface area contributed by atoms with Crippen molar-refractivity contribution >= 4 is 11.7 Å². The van der Waals surface area contributed by atoms with Crippen LogP contribution in [0.5, 0.6) is 5.75 Å². The van der Waals surface area contributed by atoms with Crippen molar-refractivity contribution in [1.82, 2.24) is 10.3 Å². The van der Waals surface area contributed by atoms with Crippen LogP contribution >= 0.6 is 0 Å². The number of fused-ring (bicyclic) bond motifs is 1. The molecule has 0 amide bonds. The molecule has 0 spiro atoms. The van der Waals surface area contributed by atoms with Gasteiger partial charge < -0.3 is 15.0 Å². The molecule has 2 aliphatic rings. The second-order valence-electron chi connectivity index (χ2n) is 6.44. The van der Waals surface area contributed by atoms with E-state index < -0.39 is 0 Å². The second kappa shape index (κ2) is 6.24. The number of aromatic nitrogens is 1. The maximum atomic E-state index is 12.5. The fraction of sp³-hybridized carbons (Fsp3) is 0.368. The van der Waals surface area contributed by atoms with Gasteiger partial charge in [0.25, 0.3) is 0 Å². The van der Waals surface area contributed by atoms with Crippen LogP contribution < -0.4 is 15.0 Å². The molecule has 1 atom stereocenters. The minimum Gasteiger partial charge on any atom is -0.426 e. The monoisotopic (exact) mass is 323 g/mol. The van der Waals surface area contributed by atoms with E-state index in [1.165, 1.54) is 0 Å². The number of rotatable bonds is 2. The first-order valence-electron chi connectivity index (χ1n) is 8.43. The molecule has 1 saturated heterocycles. The lowest BCUT2D eigenvalue weighted by molar-refractivity contribution is -0.137. The Bertz CT molecular complexity index is 752. The Hall–Kier alpha value is -2.40. The van der Waals surface area contributed by atoms with Gasteiger partial charge in [0, 0.05) is 49.8 Å². The first-order chi connectivity index (χ1) is 11.7. The van der Waals surface area contributed by atoms with Crippen LogP contribution in [0.2, 0.25) is 0 Å². The van der Waals surface area contributed by atoms with Crippen molar-refractivity contribution in [2.24, 2.45) is 0 Å². The molecule has 5 heteroatoms. The number of nitrogens with one attached hydrogen (secondary N) is 1. The van der Waals surface area contributed by atoms with Gasteiger partial charge in [-0.3, -0.25) is 9.78 Å². The van der Waals surface area contributed by atoms with Gasteiger partial charge >= 0.3 is 5.97 Å². The van der Waals surface area contributed by atoms with Crippen molar-refractivity contribution in [3.05, 3.63) is 53.3 Å². The van der Waals surface area contributed by atoms with Crippen molar-refractivity contribution in [1.29, 1.82) is 0 Å². The number of benzene rings is 1. The number of nitrogens with zero attached hydrogens (tertiary/aromatic N) is 2. The van der Waals surface area contributed by atoms with E-state index in [0.717, 1.165) is 48.7 Å². The molecular formula is C19H21N3O2. The number of pyridine rings is 1. The Kier molecular flexibility index (Phi) is 3.94. The summed E-state index contributed by atoms with van der Waals surface area (Å²) in [6, 6.07) is 10.1. The van der Waals surface area contributed by atoms with E-state index in [1.807, 2.05) is 25.1 Å². The summed E-state index contributed by atoms with van der Waals surface area (Å²) >= 11 is 0. The normalized spacial score (nSPS) is 20.5. The highest BCUT2D eigenvalue weighted by Gasteiger charge is 2.30. The van der Waals surface area contributed by atoms with Crippen LogP contribution in [0.3, 0.4) is 0 Å². The summed E-state index contributed by atoms with van der Waals surface area (Å²) in [5.41, 5.74) is 4.07. The molecule has 5 nitrogen and oxygen atoms in total. The third kappa shape index (κ3) is 2.87. The smallest absolute Gasteiger partial charge is 0.319 e. The standard InChI is InChI=1S/C19H21N3O2/c1-13-2-3-15(12-21-13)17-10-14-4-5-16(11-18(14)24-19(17)23)22-8-6-20-7-9-22/h2-5,11-12,17,20H,6-10H2,1H3. The van der Waals surface area contributed by atoms with Crippen LogP contribution in [-0.4, -0.2) is 37.1 Å². The van der Waals surface area contributed by atoms with Crippen molar-refractivity contribution in [2.75, 3.05) is 31.1 Å². The summed E-state index contributed by atoms with van der Waals surface area (Å²) in [5.74, 6) is 0.244. The van der Waals surface area contributed by atoms with Crippen LogP contribution in [0.25, 0.3) is 0 Å². The molecule has 0 aliphatic carbocycles. The van der Waals surface area contributed by atoms with Crippen molar-refractivity contribution in [2.45, 2.75) is 19.3 Å². The van der Waals surface area contributed by atoms with Crippen LogP contribution in [0.15, 0.2) is 36.5 Å². The molecule has 0 radical (unpaired) electrons. The molecule has 2 aromatic rings. The van der Waals surface area contributed by atoms with Gasteiger partial charge in [-0.1, -0.05) is 12.1 Å². The van der Waals surface area contributed by atoms with Gasteiger partial charge in [-0.2, -0.15) is 0 Å². The van der Waals surface area contributed by atoms with E-state index in [2.05, 4.69) is 27.3 Å². The lowest BCUT2D eigenvalue weighted by Gasteiger charge is -2.31. The van der Waals surface area contributed by atoms with Gasteiger partial charge in [-0.05, 0) is 36.6 Å². The Labute approximate surface area is 141 Å². The molecule has 1 aromatic carbocycles. The molecule has 2 aliphatic heterocycles. The number of piperazine rings is 1. The molecule has 0 saturated carbocycles. The second-order valence-corrected chi connectivity index (χ2v) is 6.44. The first kappa shape index (κ1) is 15.1. The van der Waals surface area contributed by atoms with Crippen molar-refractivity contribution < 1.29 is 9.53 Å². The number of aryl methyl sites for hydroxylation is 1. The van der Waals surface area contributed by atoms with Gasteiger partial charge in [0.2, 0.25) is 0 Å². The fourth-order valence-corrected chi connectivity index (χ4v) is 3.35. The van der Waals surface area contributed by atoms with E-state index in [9.17, 15) is 4.79 Å². The molecule has 0 bridgehead atoms. The predicted octanol–water partition coefficient (Wildman–Crippen LogP) is 2.04. The molecule has 3 heterocycles. The van der Waals surface area contributed by atoms with Gasteiger partial charge in [-0.15, -0.1) is 0 Å². The summed E-state index contributed by atoms with van der Waals surface area (Å²) in [4.78, 5) is 19.1. The summed E-state index contributed by atoms with van der Waals surface area (Å²) in [6.07, 6.45) is 2.45. The van der Waals surface area contributed by atoms with E-state index in [1.54, 1.807) is 6.20 Å². The fourth-order valence-electron chi connectivity index (χ4n) is 3.35. The third-order valence-corrected chi connectivity index (χ3v) is 4.79. The lowest BCUT2D eigenvalue weighted by atomic mass is 9.90. The number of carbonyl (C=O) groups is 1. The van der Waals surface area contributed by atoms with Crippen molar-refractivity contribution in [3.63, 3.8) is 0 Å². The zero-order valence-corrected chi connectivity index (χ0v) is 13.8. The lowest BCUT2D eigenvalue weighted by Crippen LogP contribution is -2.43. The van der Waals surface area contributed by atoms with E-state index in [4.69, 9.17) is 4.74 Å².